The maximum atomic E-state index is 13.8. The molecule has 4 rings (SSSR count). The standard InChI is InChI=1S/C42H41N7O10/c1-6-21-57-34-28(39(51)47-30-18-15-29(42(54)59-23-8-3)35(37(30)56-5)58-22-7-2)14-17-31(36(34)55-4)48-40(52)32-16-13-27(24-45-32)46-41(53)33(19-20-43)49-38(50)25-9-11-26(44)12-10-25/h6-18,24,33H,1-3,19,21-23,44H2,4-5H3,(H,46,53)(H,47,51)(H,48,52)(H,49,50). The minimum Gasteiger partial charge on any atom is -0.491 e. The molecule has 0 spiro atoms. The number of carbonyl (C=O) groups is 5. The highest BCUT2D eigenvalue weighted by Crippen LogP contribution is 2.42. The van der Waals surface area contributed by atoms with Gasteiger partial charge in [0.1, 0.15) is 37.1 Å². The third-order valence-corrected chi connectivity index (χ3v) is 7.97. The molecule has 0 saturated heterocycles. The fourth-order valence-corrected chi connectivity index (χ4v) is 5.23. The summed E-state index contributed by atoms with van der Waals surface area (Å²) < 4.78 is 27.9. The lowest BCUT2D eigenvalue weighted by atomic mass is 10.1. The zero-order chi connectivity index (χ0) is 42.9. The van der Waals surface area contributed by atoms with E-state index >= 15 is 0 Å². The van der Waals surface area contributed by atoms with E-state index in [-0.39, 0.29) is 88.7 Å². The van der Waals surface area contributed by atoms with E-state index in [4.69, 9.17) is 29.4 Å². The number of nitrogens with zero attached hydrogens (tertiary/aromatic N) is 2. The Balaban J connectivity index is 1.54. The molecule has 0 radical (unpaired) electrons. The Morgan fingerprint density at radius 2 is 1.31 bits per heavy atom. The Labute approximate surface area is 339 Å². The van der Waals surface area contributed by atoms with E-state index in [0.717, 1.165) is 0 Å². The maximum absolute atomic E-state index is 13.8. The van der Waals surface area contributed by atoms with E-state index in [9.17, 15) is 29.2 Å². The zero-order valence-electron chi connectivity index (χ0n) is 32.2. The molecular weight excluding hydrogens is 763 g/mol. The largest absolute Gasteiger partial charge is 0.491 e. The lowest BCUT2D eigenvalue weighted by Gasteiger charge is -2.20. The highest BCUT2D eigenvalue weighted by atomic mass is 16.5. The molecule has 1 aromatic heterocycles. The van der Waals surface area contributed by atoms with Crippen molar-refractivity contribution >= 4 is 52.3 Å². The topological polar surface area (TPSA) is 242 Å². The van der Waals surface area contributed by atoms with Gasteiger partial charge < -0.3 is 50.7 Å². The highest BCUT2D eigenvalue weighted by Gasteiger charge is 2.27. The van der Waals surface area contributed by atoms with Crippen molar-refractivity contribution in [1.82, 2.24) is 10.3 Å². The molecule has 304 valence electrons. The number of methoxy groups -OCH3 is 2. The molecule has 1 heterocycles. The van der Waals surface area contributed by atoms with Crippen molar-refractivity contribution in [3.63, 3.8) is 0 Å². The van der Waals surface area contributed by atoms with Crippen LogP contribution >= 0.6 is 0 Å². The molecule has 3 aromatic carbocycles. The number of ether oxygens (including phenoxy) is 5. The van der Waals surface area contributed by atoms with Gasteiger partial charge in [-0.15, -0.1) is 0 Å². The van der Waals surface area contributed by atoms with Crippen LogP contribution in [0.4, 0.5) is 22.7 Å². The number of rotatable bonds is 20. The number of hydrogen-bond acceptors (Lipinski definition) is 13. The van der Waals surface area contributed by atoms with E-state index in [1.165, 1.54) is 99.3 Å². The maximum Gasteiger partial charge on any atom is 0.342 e. The normalized spacial score (nSPS) is 10.7. The third kappa shape index (κ3) is 11.2. The number of amides is 4. The van der Waals surface area contributed by atoms with Crippen LogP contribution in [0.1, 0.15) is 48.0 Å². The lowest BCUT2D eigenvalue weighted by molar-refractivity contribution is -0.117. The second kappa shape index (κ2) is 21.2. The molecule has 0 bridgehead atoms. The molecule has 0 aliphatic rings. The van der Waals surface area contributed by atoms with Gasteiger partial charge >= 0.3 is 5.97 Å². The average Bonchev–Trinajstić information content (AvgIpc) is 3.24. The highest BCUT2D eigenvalue weighted by molar-refractivity contribution is 6.10. The van der Waals surface area contributed by atoms with E-state index in [2.05, 4.69) is 46.0 Å². The summed E-state index contributed by atoms with van der Waals surface area (Å²) in [6.07, 6.45) is 5.23. The van der Waals surface area contributed by atoms with Gasteiger partial charge in [0.2, 0.25) is 5.91 Å². The van der Waals surface area contributed by atoms with Gasteiger partial charge in [0.25, 0.3) is 17.7 Å². The Bertz CT molecular complexity index is 2270. The lowest BCUT2D eigenvalue weighted by Crippen LogP contribution is -2.43. The Morgan fingerprint density at radius 1 is 0.729 bits per heavy atom. The first-order chi connectivity index (χ1) is 28.5. The summed E-state index contributed by atoms with van der Waals surface area (Å²) in [6, 6.07) is 15.1. The van der Waals surface area contributed by atoms with Crippen molar-refractivity contribution in [3.8, 4) is 29.1 Å². The molecule has 59 heavy (non-hydrogen) atoms. The van der Waals surface area contributed by atoms with Crippen molar-refractivity contribution < 1.29 is 47.7 Å². The van der Waals surface area contributed by atoms with Gasteiger partial charge in [-0.3, -0.25) is 19.2 Å². The number of pyridine rings is 1. The summed E-state index contributed by atoms with van der Waals surface area (Å²) >= 11 is 0. The zero-order valence-corrected chi connectivity index (χ0v) is 32.2. The number of carbonyl (C=O) groups excluding carboxylic acids is 5. The molecule has 1 unspecified atom stereocenters. The van der Waals surface area contributed by atoms with Gasteiger partial charge in [0.05, 0.1) is 55.5 Å². The van der Waals surface area contributed by atoms with Crippen molar-refractivity contribution in [2.45, 2.75) is 12.5 Å². The summed E-state index contributed by atoms with van der Waals surface area (Å²) in [6.45, 7) is 10.8. The van der Waals surface area contributed by atoms with Crippen LogP contribution in [-0.4, -0.2) is 74.7 Å². The summed E-state index contributed by atoms with van der Waals surface area (Å²) in [4.78, 5) is 69.8. The van der Waals surface area contributed by atoms with Crippen molar-refractivity contribution in [1.29, 1.82) is 5.26 Å². The molecule has 17 heteroatoms. The number of nitrogen functional groups attached to an aromatic ring is 1. The van der Waals surface area contributed by atoms with Crippen LogP contribution in [0.5, 0.6) is 23.0 Å². The van der Waals surface area contributed by atoms with Gasteiger partial charge in [0.15, 0.2) is 23.0 Å². The molecule has 0 saturated carbocycles. The number of anilines is 4. The van der Waals surface area contributed by atoms with Gasteiger partial charge in [-0.25, -0.2) is 9.78 Å². The Kier molecular flexibility index (Phi) is 15.7. The van der Waals surface area contributed by atoms with Gasteiger partial charge in [-0.05, 0) is 60.7 Å². The van der Waals surface area contributed by atoms with E-state index in [1.807, 2.05) is 6.07 Å². The van der Waals surface area contributed by atoms with Crippen LogP contribution < -0.4 is 45.9 Å². The van der Waals surface area contributed by atoms with E-state index in [0.29, 0.717) is 5.69 Å². The smallest absolute Gasteiger partial charge is 0.342 e. The van der Waals surface area contributed by atoms with Crippen LogP contribution in [0.25, 0.3) is 0 Å². The summed E-state index contributed by atoms with van der Waals surface area (Å²) in [5.41, 5.74) is 6.77. The van der Waals surface area contributed by atoms with Crippen molar-refractivity contribution in [3.05, 3.63) is 127 Å². The number of hydrogen-bond donors (Lipinski definition) is 5. The molecule has 4 aromatic rings. The van der Waals surface area contributed by atoms with Crippen LogP contribution in [0.15, 0.2) is 105 Å². The number of nitrogens with one attached hydrogen (secondary N) is 4. The number of nitriles is 1. The molecule has 0 fully saturated rings. The molecule has 17 nitrogen and oxygen atoms in total. The van der Waals surface area contributed by atoms with Gasteiger partial charge in [-0.1, -0.05) is 38.0 Å². The monoisotopic (exact) mass is 803 g/mol. The first-order valence-corrected chi connectivity index (χ1v) is 17.6. The first kappa shape index (κ1) is 43.6. The third-order valence-electron chi connectivity index (χ3n) is 7.97. The fraction of sp³-hybridized carbons (Fsp3) is 0.167. The van der Waals surface area contributed by atoms with Gasteiger partial charge in [0, 0.05) is 11.3 Å². The SMILES string of the molecule is C=CCOC(=O)c1ccc(NC(=O)c2ccc(NC(=O)c3ccc(NC(=O)C(CC#N)NC(=O)c4ccc(N)cc4)cn3)c(OC)c2OCC=C)c(OC)c1OCC=C. The van der Waals surface area contributed by atoms with Crippen LogP contribution in [0, 0.1) is 11.3 Å². The van der Waals surface area contributed by atoms with E-state index in [1.54, 1.807) is 0 Å². The second-order valence-electron chi connectivity index (χ2n) is 12.0. The quantitative estimate of drug-likeness (QED) is 0.0433. The van der Waals surface area contributed by atoms with Gasteiger partial charge in [-0.2, -0.15) is 5.26 Å². The number of esters is 1. The minimum atomic E-state index is -1.20. The summed E-state index contributed by atoms with van der Waals surface area (Å²) in [7, 11) is 2.65. The number of nitrogens with two attached hydrogens (primary N) is 1. The molecule has 0 aliphatic heterocycles. The summed E-state index contributed by atoms with van der Waals surface area (Å²) in [5, 5.41) is 19.8. The van der Waals surface area contributed by atoms with Crippen LogP contribution in [-0.2, 0) is 9.53 Å². The predicted octanol–water partition coefficient (Wildman–Crippen LogP) is 5.31. The molecule has 6 N–H and O–H groups in total. The number of benzene rings is 3. The molecule has 4 amide bonds. The molecule has 1 atom stereocenters. The molecular formula is C42H41N7O10. The predicted molar refractivity (Wildman–Crippen MR) is 219 cm³/mol. The first-order valence-electron chi connectivity index (χ1n) is 17.6. The fourth-order valence-electron chi connectivity index (χ4n) is 5.23. The minimum absolute atomic E-state index is 0.00387. The van der Waals surface area contributed by atoms with Crippen molar-refractivity contribution in [2.24, 2.45) is 0 Å². The number of aromatic nitrogens is 1. The van der Waals surface area contributed by atoms with Crippen molar-refractivity contribution in [2.75, 3.05) is 55.7 Å². The average molecular weight is 804 g/mol. The Morgan fingerprint density at radius 3 is 1.85 bits per heavy atom. The van der Waals surface area contributed by atoms with E-state index < -0.39 is 35.6 Å². The Hall–Kier alpha value is -8.13. The van der Waals surface area contributed by atoms with Crippen LogP contribution in [0.3, 0.4) is 0 Å². The second-order valence-corrected chi connectivity index (χ2v) is 12.0. The van der Waals surface area contributed by atoms with Crippen LogP contribution in [0.2, 0.25) is 0 Å². The molecule has 0 aliphatic carbocycles. The summed E-state index contributed by atoms with van der Waals surface area (Å²) in [5.74, 6) is -3.37.